The normalized spacial score (nSPS) is 26.5. The fourth-order valence-electron chi connectivity index (χ4n) is 5.40. The Morgan fingerprint density at radius 2 is 1.89 bits per heavy atom. The number of hydrogen-bond donors (Lipinski definition) is 1. The van der Waals surface area contributed by atoms with Crippen LogP contribution in [-0.4, -0.2) is 97.4 Å². The van der Waals surface area contributed by atoms with E-state index in [1.165, 1.54) is 20.8 Å². The summed E-state index contributed by atoms with van der Waals surface area (Å²) >= 11 is 0. The highest BCUT2D eigenvalue weighted by Crippen LogP contribution is 2.49. The predicted molar refractivity (Wildman–Crippen MR) is 140 cm³/mol. The Morgan fingerprint density at radius 3 is 2.41 bits per heavy atom. The molecule has 0 radical (unpaired) electrons. The maximum Gasteiger partial charge on any atom is 0.410 e. The second kappa shape index (κ2) is 10.2. The summed E-state index contributed by atoms with van der Waals surface area (Å²) in [6, 6.07) is -1.08. The first kappa shape index (κ1) is 28.9. The third-order valence-electron chi connectivity index (χ3n) is 8.32. The molecule has 0 aromatic carbocycles. The van der Waals surface area contributed by atoms with Crippen LogP contribution in [0.4, 0.5) is 4.79 Å². The van der Waals surface area contributed by atoms with E-state index >= 15 is 0 Å². The average Bonchev–Trinajstić information content (AvgIpc) is 3.35. The Bertz CT molecular complexity index is 1020. The smallest absolute Gasteiger partial charge is 0.410 e. The lowest BCUT2D eigenvalue weighted by Gasteiger charge is -2.48. The summed E-state index contributed by atoms with van der Waals surface area (Å²) in [5, 5.41) is 10.1. The molecular formula is C26H41N3O7Si. The SMILES string of the molecule is C=CCOC(=O)N1CC(C2=C(C(=O)O)N3C(=O)[C@H]([C@@H](C)O[Si](C)(C)C(C)(C)C)[C@H]3C2)C[C@H]1C(=O)N(C)C. The summed E-state index contributed by atoms with van der Waals surface area (Å²) in [4.78, 5) is 55.4. The van der Waals surface area contributed by atoms with Gasteiger partial charge in [0.05, 0.1) is 18.1 Å². The second-order valence-electron chi connectivity index (χ2n) is 12.0. The Kier molecular flexibility index (Phi) is 8.00. The molecule has 0 bridgehead atoms. The summed E-state index contributed by atoms with van der Waals surface area (Å²) < 4.78 is 11.7. The highest BCUT2D eigenvalue weighted by Gasteiger charge is 2.59. The average molecular weight is 536 g/mol. The molecule has 3 rings (SSSR count). The van der Waals surface area contributed by atoms with E-state index < -0.39 is 32.3 Å². The first-order valence-electron chi connectivity index (χ1n) is 12.8. The summed E-state index contributed by atoms with van der Waals surface area (Å²) in [7, 11) is 1.08. The molecule has 3 heterocycles. The monoisotopic (exact) mass is 535 g/mol. The van der Waals surface area contributed by atoms with Crippen LogP contribution in [0.15, 0.2) is 23.9 Å². The molecule has 1 unspecified atom stereocenters. The van der Waals surface area contributed by atoms with Crippen LogP contribution < -0.4 is 0 Å². The molecule has 0 spiro atoms. The number of carbonyl (C=O) groups excluding carboxylic acids is 3. The molecule has 2 fully saturated rings. The minimum atomic E-state index is -2.14. The van der Waals surface area contributed by atoms with Crippen molar-refractivity contribution in [3.63, 3.8) is 0 Å². The standard InChI is InChI=1S/C26H41N3O7Si/c1-10-11-35-25(34)28-14-16(12-19(28)22(30)27(6)7)17-13-18-20(23(31)29(18)21(17)24(32)33)15(2)36-37(8,9)26(3,4)5/h10,15-16,18-20H,1,11-14H2,2-9H3,(H,32,33)/t15-,16?,18-,19+,20-/m1/s1. The van der Waals surface area contributed by atoms with Gasteiger partial charge in [-0.25, -0.2) is 9.59 Å². The zero-order valence-electron chi connectivity index (χ0n) is 23.2. The van der Waals surface area contributed by atoms with E-state index in [1.54, 1.807) is 14.1 Å². The van der Waals surface area contributed by atoms with Gasteiger partial charge in [0.2, 0.25) is 11.8 Å². The van der Waals surface area contributed by atoms with E-state index in [9.17, 15) is 24.3 Å². The third-order valence-corrected chi connectivity index (χ3v) is 12.9. The van der Waals surface area contributed by atoms with Crippen LogP contribution in [-0.2, 0) is 23.5 Å². The molecular weight excluding hydrogens is 494 g/mol. The largest absolute Gasteiger partial charge is 0.477 e. The molecule has 0 aromatic rings. The van der Waals surface area contributed by atoms with E-state index in [0.717, 1.165) is 0 Å². The van der Waals surface area contributed by atoms with Crippen molar-refractivity contribution in [3.8, 4) is 0 Å². The van der Waals surface area contributed by atoms with Crippen LogP contribution in [0, 0.1) is 11.8 Å². The van der Waals surface area contributed by atoms with Crippen molar-refractivity contribution in [2.45, 2.75) is 76.9 Å². The zero-order valence-corrected chi connectivity index (χ0v) is 24.2. The molecule has 0 saturated carbocycles. The predicted octanol–water partition coefficient (Wildman–Crippen LogP) is 3.07. The van der Waals surface area contributed by atoms with Crippen LogP contribution in [0.5, 0.6) is 0 Å². The third kappa shape index (κ3) is 5.20. The molecule has 0 aromatic heterocycles. The Hall–Kier alpha value is -2.66. The number of nitrogens with zero attached hydrogens (tertiary/aromatic N) is 3. The van der Waals surface area contributed by atoms with Gasteiger partial charge in [-0.15, -0.1) is 0 Å². The summed E-state index contributed by atoms with van der Waals surface area (Å²) in [6.45, 7) is 16.3. The maximum atomic E-state index is 13.3. The number of β-lactam (4-membered cyclic amide) rings is 1. The molecule has 11 heteroatoms. The molecule has 3 amide bonds. The minimum Gasteiger partial charge on any atom is -0.477 e. The van der Waals surface area contributed by atoms with Gasteiger partial charge in [-0.3, -0.25) is 14.5 Å². The molecule has 2 saturated heterocycles. The van der Waals surface area contributed by atoms with Crippen molar-refractivity contribution >= 4 is 32.2 Å². The van der Waals surface area contributed by atoms with Gasteiger partial charge in [-0.1, -0.05) is 33.4 Å². The summed E-state index contributed by atoms with van der Waals surface area (Å²) in [5.74, 6) is -2.50. The number of carboxylic acids is 1. The number of carbonyl (C=O) groups is 4. The fraction of sp³-hybridized carbons (Fsp3) is 0.692. The number of likely N-dealkylation sites (tertiary alicyclic amines) is 1. The summed E-state index contributed by atoms with van der Waals surface area (Å²) in [5.41, 5.74) is 0.580. The molecule has 206 valence electrons. The van der Waals surface area contributed by atoms with E-state index in [2.05, 4.69) is 40.4 Å². The number of likely N-dealkylation sites (N-methyl/N-ethyl adjacent to an activating group) is 1. The Balaban J connectivity index is 1.86. The van der Waals surface area contributed by atoms with Gasteiger partial charge in [0.25, 0.3) is 0 Å². The van der Waals surface area contributed by atoms with Crippen LogP contribution in [0.3, 0.4) is 0 Å². The number of carboxylic acid groups (broad SMARTS) is 1. The first-order valence-corrected chi connectivity index (χ1v) is 15.7. The summed E-state index contributed by atoms with van der Waals surface area (Å²) in [6.07, 6.45) is 1.10. The highest BCUT2D eigenvalue weighted by atomic mass is 28.4. The number of amides is 3. The van der Waals surface area contributed by atoms with E-state index in [-0.39, 0.29) is 60.2 Å². The van der Waals surface area contributed by atoms with Crippen LogP contribution in [0.2, 0.25) is 18.1 Å². The molecule has 37 heavy (non-hydrogen) atoms. The molecule has 10 nitrogen and oxygen atoms in total. The lowest BCUT2D eigenvalue weighted by molar-refractivity contribution is -0.160. The van der Waals surface area contributed by atoms with Gasteiger partial charge in [0, 0.05) is 26.6 Å². The topological polar surface area (TPSA) is 117 Å². The molecule has 1 N–H and O–H groups in total. The van der Waals surface area contributed by atoms with Gasteiger partial charge >= 0.3 is 12.1 Å². The number of rotatable bonds is 8. The van der Waals surface area contributed by atoms with Gasteiger partial charge in [-0.05, 0) is 43.5 Å². The van der Waals surface area contributed by atoms with Crippen LogP contribution >= 0.6 is 0 Å². The van der Waals surface area contributed by atoms with Crippen LogP contribution in [0.25, 0.3) is 0 Å². The number of fused-ring (bicyclic) bond motifs is 1. The maximum absolute atomic E-state index is 13.3. The number of ether oxygens (including phenoxy) is 1. The first-order chi connectivity index (χ1) is 17.0. The number of hydrogen-bond acceptors (Lipinski definition) is 6. The lowest BCUT2D eigenvalue weighted by atomic mass is 9.81. The van der Waals surface area contributed by atoms with E-state index in [0.29, 0.717) is 12.0 Å². The van der Waals surface area contributed by atoms with Gasteiger partial charge in [0.1, 0.15) is 18.3 Å². The van der Waals surface area contributed by atoms with E-state index in [1.807, 2.05) is 6.92 Å². The van der Waals surface area contributed by atoms with Crippen molar-refractivity contribution < 1.29 is 33.4 Å². The van der Waals surface area contributed by atoms with Crippen molar-refractivity contribution in [3.05, 3.63) is 23.9 Å². The Labute approximate surface area is 220 Å². The molecule has 3 aliphatic heterocycles. The number of aliphatic carboxylic acids is 1. The van der Waals surface area contributed by atoms with Crippen LogP contribution in [0.1, 0.15) is 40.5 Å². The minimum absolute atomic E-state index is 0.00406. The lowest BCUT2D eigenvalue weighted by Crippen LogP contribution is -2.63. The van der Waals surface area contributed by atoms with Crippen molar-refractivity contribution in [2.75, 3.05) is 27.2 Å². The molecule has 3 aliphatic rings. The van der Waals surface area contributed by atoms with Gasteiger partial charge in [0.15, 0.2) is 8.32 Å². The fourth-order valence-corrected chi connectivity index (χ4v) is 6.83. The highest BCUT2D eigenvalue weighted by molar-refractivity contribution is 6.74. The van der Waals surface area contributed by atoms with Crippen molar-refractivity contribution in [1.29, 1.82) is 0 Å². The second-order valence-corrected chi connectivity index (χ2v) is 16.7. The quantitative estimate of drug-likeness (QED) is 0.288. The molecule has 0 aliphatic carbocycles. The molecule has 5 atom stereocenters. The zero-order chi connectivity index (χ0) is 28.0. The van der Waals surface area contributed by atoms with Gasteiger partial charge < -0.3 is 24.1 Å². The van der Waals surface area contributed by atoms with Crippen molar-refractivity contribution in [1.82, 2.24) is 14.7 Å². The van der Waals surface area contributed by atoms with Crippen molar-refractivity contribution in [2.24, 2.45) is 11.8 Å². The van der Waals surface area contributed by atoms with Gasteiger partial charge in [-0.2, -0.15) is 0 Å². The Morgan fingerprint density at radius 1 is 1.27 bits per heavy atom. The van der Waals surface area contributed by atoms with E-state index in [4.69, 9.17) is 9.16 Å².